The first-order valence-corrected chi connectivity index (χ1v) is 6.60. The molecule has 2 heterocycles. The number of benzene rings is 1. The van der Waals surface area contributed by atoms with Crippen LogP contribution in [0.4, 0.5) is 0 Å². The molecule has 0 aliphatic heterocycles. The van der Waals surface area contributed by atoms with Gasteiger partial charge in [-0.2, -0.15) is 22.8 Å². The van der Waals surface area contributed by atoms with Crippen molar-refractivity contribution >= 4 is 23.5 Å². The Bertz CT molecular complexity index is 733. The standard InChI is InChI=1S/C14H16N4S/c1-14(2,19)10-4-5-12-11(6-10)13(17-16-12)9-7-15-18(3)8-9/h4-8,19H,1-3H3,(H,16,17). The number of rotatable bonds is 2. The molecule has 0 aliphatic carbocycles. The molecule has 0 saturated heterocycles. The van der Waals surface area contributed by atoms with Crippen LogP contribution in [0.3, 0.4) is 0 Å². The van der Waals surface area contributed by atoms with Crippen molar-refractivity contribution in [3.63, 3.8) is 0 Å². The third-order valence-electron chi connectivity index (χ3n) is 3.25. The fourth-order valence-electron chi connectivity index (χ4n) is 2.16. The normalized spacial score (nSPS) is 12.2. The van der Waals surface area contributed by atoms with Gasteiger partial charge in [0.1, 0.15) is 5.69 Å². The first kappa shape index (κ1) is 12.3. The third-order valence-corrected chi connectivity index (χ3v) is 3.51. The highest BCUT2D eigenvalue weighted by Gasteiger charge is 2.17. The van der Waals surface area contributed by atoms with Crippen molar-refractivity contribution in [2.75, 3.05) is 0 Å². The van der Waals surface area contributed by atoms with E-state index in [2.05, 4.69) is 60.0 Å². The maximum absolute atomic E-state index is 4.63. The second-order valence-corrected chi connectivity index (χ2v) is 6.41. The minimum atomic E-state index is -0.169. The van der Waals surface area contributed by atoms with Gasteiger partial charge in [0, 0.05) is 28.9 Å². The first-order chi connectivity index (χ1) is 8.95. The molecule has 19 heavy (non-hydrogen) atoms. The number of nitrogens with one attached hydrogen (secondary N) is 1. The number of hydrogen-bond donors (Lipinski definition) is 2. The number of nitrogens with zero attached hydrogens (tertiary/aromatic N) is 3. The van der Waals surface area contributed by atoms with E-state index in [1.54, 1.807) is 4.68 Å². The average Bonchev–Trinajstić information content (AvgIpc) is 2.92. The van der Waals surface area contributed by atoms with Gasteiger partial charge in [-0.3, -0.25) is 9.78 Å². The van der Waals surface area contributed by atoms with Crippen molar-refractivity contribution in [2.45, 2.75) is 18.6 Å². The van der Waals surface area contributed by atoms with Crippen molar-refractivity contribution in [3.8, 4) is 11.3 Å². The van der Waals surface area contributed by atoms with E-state index in [1.165, 1.54) is 5.56 Å². The maximum Gasteiger partial charge on any atom is 0.103 e. The number of aromatic amines is 1. The summed E-state index contributed by atoms with van der Waals surface area (Å²) in [6.07, 6.45) is 3.79. The molecule has 1 N–H and O–H groups in total. The Morgan fingerprint density at radius 3 is 2.74 bits per heavy atom. The summed E-state index contributed by atoms with van der Waals surface area (Å²) in [6, 6.07) is 6.28. The summed E-state index contributed by atoms with van der Waals surface area (Å²) in [6.45, 7) is 4.17. The Kier molecular flexibility index (Phi) is 2.67. The lowest BCUT2D eigenvalue weighted by molar-refractivity contribution is 0.768. The molecule has 0 fully saturated rings. The molecule has 0 aliphatic rings. The molecule has 0 unspecified atom stereocenters. The summed E-state index contributed by atoms with van der Waals surface area (Å²) < 4.78 is 1.61. The smallest absolute Gasteiger partial charge is 0.103 e. The van der Waals surface area contributed by atoms with E-state index in [0.29, 0.717) is 0 Å². The van der Waals surface area contributed by atoms with E-state index in [1.807, 2.05) is 19.4 Å². The van der Waals surface area contributed by atoms with E-state index >= 15 is 0 Å². The van der Waals surface area contributed by atoms with Crippen LogP contribution < -0.4 is 0 Å². The molecule has 3 aromatic rings. The minimum Gasteiger partial charge on any atom is -0.277 e. The number of aromatic nitrogens is 4. The number of thiol groups is 1. The van der Waals surface area contributed by atoms with Gasteiger partial charge in [-0.1, -0.05) is 6.07 Å². The molecule has 4 nitrogen and oxygen atoms in total. The predicted molar refractivity (Wildman–Crippen MR) is 80.3 cm³/mol. The third kappa shape index (κ3) is 2.14. The molecule has 3 rings (SSSR count). The Morgan fingerprint density at radius 1 is 1.32 bits per heavy atom. The van der Waals surface area contributed by atoms with E-state index in [0.717, 1.165) is 22.2 Å². The number of H-pyrrole nitrogens is 1. The molecule has 0 spiro atoms. The van der Waals surface area contributed by atoms with Gasteiger partial charge in [-0.05, 0) is 31.5 Å². The second-order valence-electron chi connectivity index (χ2n) is 5.29. The average molecular weight is 272 g/mol. The van der Waals surface area contributed by atoms with Crippen LogP contribution in [0, 0.1) is 0 Å². The summed E-state index contributed by atoms with van der Waals surface area (Å²) in [5.74, 6) is 0. The van der Waals surface area contributed by atoms with Gasteiger partial charge in [0.25, 0.3) is 0 Å². The first-order valence-electron chi connectivity index (χ1n) is 6.15. The zero-order valence-electron chi connectivity index (χ0n) is 11.2. The summed E-state index contributed by atoms with van der Waals surface area (Å²) in [7, 11) is 1.90. The Balaban J connectivity index is 2.21. The van der Waals surface area contributed by atoms with Crippen LogP contribution in [-0.4, -0.2) is 20.0 Å². The highest BCUT2D eigenvalue weighted by Crippen LogP contribution is 2.32. The van der Waals surface area contributed by atoms with Crippen molar-refractivity contribution < 1.29 is 0 Å². The molecular formula is C14H16N4S. The lowest BCUT2D eigenvalue weighted by Crippen LogP contribution is -2.06. The topological polar surface area (TPSA) is 46.5 Å². The van der Waals surface area contributed by atoms with E-state index < -0.39 is 0 Å². The minimum absolute atomic E-state index is 0.169. The monoisotopic (exact) mass is 272 g/mol. The number of aryl methyl sites for hydroxylation is 1. The highest BCUT2D eigenvalue weighted by molar-refractivity contribution is 7.81. The molecular weight excluding hydrogens is 256 g/mol. The second kappa shape index (κ2) is 4.13. The van der Waals surface area contributed by atoms with Gasteiger partial charge in [-0.15, -0.1) is 0 Å². The fraction of sp³-hybridized carbons (Fsp3) is 0.286. The lowest BCUT2D eigenvalue weighted by Gasteiger charge is -2.17. The Labute approximate surface area is 117 Å². The largest absolute Gasteiger partial charge is 0.277 e. The van der Waals surface area contributed by atoms with Crippen LogP contribution in [-0.2, 0) is 11.8 Å². The molecule has 0 atom stereocenters. The van der Waals surface area contributed by atoms with Crippen molar-refractivity contribution in [3.05, 3.63) is 36.2 Å². The molecule has 0 radical (unpaired) electrons. The molecule has 98 valence electrons. The van der Waals surface area contributed by atoms with Gasteiger partial charge in [0.15, 0.2) is 0 Å². The van der Waals surface area contributed by atoms with Gasteiger partial charge in [0.05, 0.1) is 11.7 Å². The van der Waals surface area contributed by atoms with Gasteiger partial charge in [-0.25, -0.2) is 0 Å². The van der Waals surface area contributed by atoms with E-state index in [9.17, 15) is 0 Å². The van der Waals surface area contributed by atoms with Crippen molar-refractivity contribution in [2.24, 2.45) is 7.05 Å². The number of hydrogen-bond acceptors (Lipinski definition) is 3. The quantitative estimate of drug-likeness (QED) is 0.704. The van der Waals surface area contributed by atoms with E-state index in [4.69, 9.17) is 0 Å². The summed E-state index contributed by atoms with van der Waals surface area (Å²) in [5.41, 5.74) is 4.15. The molecule has 5 heteroatoms. The molecule has 0 amide bonds. The molecule has 2 aromatic heterocycles. The molecule has 1 aromatic carbocycles. The Morgan fingerprint density at radius 2 is 2.11 bits per heavy atom. The highest BCUT2D eigenvalue weighted by atomic mass is 32.1. The van der Waals surface area contributed by atoms with Gasteiger partial charge < -0.3 is 0 Å². The summed E-state index contributed by atoms with van der Waals surface area (Å²) >= 11 is 4.63. The summed E-state index contributed by atoms with van der Waals surface area (Å²) in [5, 5.41) is 12.8. The van der Waals surface area contributed by atoms with Crippen LogP contribution in [0.15, 0.2) is 30.6 Å². The van der Waals surface area contributed by atoms with Crippen LogP contribution in [0.1, 0.15) is 19.4 Å². The van der Waals surface area contributed by atoms with Gasteiger partial charge in [0.2, 0.25) is 0 Å². The number of fused-ring (bicyclic) bond motifs is 1. The van der Waals surface area contributed by atoms with Crippen LogP contribution in [0.5, 0.6) is 0 Å². The zero-order valence-corrected chi connectivity index (χ0v) is 12.1. The van der Waals surface area contributed by atoms with Crippen molar-refractivity contribution in [1.82, 2.24) is 20.0 Å². The SMILES string of the molecule is Cn1cc(-c2n[nH]c3ccc(C(C)(C)S)cc23)cn1. The van der Waals surface area contributed by atoms with Crippen LogP contribution >= 0.6 is 12.6 Å². The van der Waals surface area contributed by atoms with E-state index in [-0.39, 0.29) is 4.75 Å². The predicted octanol–water partition coefficient (Wildman–Crippen LogP) is 3.13. The fourth-order valence-corrected chi connectivity index (χ4v) is 2.30. The Hall–Kier alpha value is -1.75. The summed E-state index contributed by atoms with van der Waals surface area (Å²) in [4.78, 5) is 0. The van der Waals surface area contributed by atoms with Crippen molar-refractivity contribution in [1.29, 1.82) is 0 Å². The maximum atomic E-state index is 4.63. The molecule has 0 saturated carbocycles. The molecule has 0 bridgehead atoms. The van der Waals surface area contributed by atoms with Crippen LogP contribution in [0.2, 0.25) is 0 Å². The zero-order chi connectivity index (χ0) is 13.6. The van der Waals surface area contributed by atoms with Crippen LogP contribution in [0.25, 0.3) is 22.2 Å². The van der Waals surface area contributed by atoms with Gasteiger partial charge >= 0.3 is 0 Å². The lowest BCUT2D eigenvalue weighted by atomic mass is 9.99.